The molecule has 2 heterocycles. The van der Waals surface area contributed by atoms with Crippen LogP contribution in [0.5, 0.6) is 5.75 Å². The number of nitrogens with one attached hydrogen (secondary N) is 3. The van der Waals surface area contributed by atoms with Gasteiger partial charge in [-0.05, 0) is 36.3 Å². The number of carbonyl (C=O) groups is 1. The first kappa shape index (κ1) is 27.1. The average molecular weight is 581 g/mol. The summed E-state index contributed by atoms with van der Waals surface area (Å²) in [7, 11) is 0. The Kier molecular flexibility index (Phi) is 7.68. The fourth-order valence-electron chi connectivity index (χ4n) is 4.31. The molecule has 1 atom stereocenters. The number of benzene rings is 3. The monoisotopic (exact) mass is 580 g/mol. The Morgan fingerprint density at radius 2 is 1.82 bits per heavy atom. The molecule has 0 fully saturated rings. The molecule has 5 rings (SSSR count). The smallest absolute Gasteiger partial charge is 0.252 e. The maximum atomic E-state index is 14.3. The lowest BCUT2D eigenvalue weighted by molar-refractivity contribution is -0.117. The molecular formula is C29H20Cl2F2N4O3. The van der Waals surface area contributed by atoms with E-state index >= 15 is 0 Å². The Bertz CT molecular complexity index is 1820. The molecule has 3 aromatic carbocycles. The van der Waals surface area contributed by atoms with Crippen molar-refractivity contribution in [1.82, 2.24) is 20.3 Å². The number of aromatic hydroxyl groups is 1. The summed E-state index contributed by atoms with van der Waals surface area (Å²) in [6.45, 7) is 0. The van der Waals surface area contributed by atoms with Gasteiger partial charge in [0.25, 0.3) is 5.56 Å². The highest BCUT2D eigenvalue weighted by atomic mass is 35.5. The molecule has 0 saturated heterocycles. The minimum absolute atomic E-state index is 0.137. The number of fused-ring (bicyclic) bond motifs is 1. The van der Waals surface area contributed by atoms with Crippen LogP contribution in [0.25, 0.3) is 28.2 Å². The molecule has 1 amide bonds. The van der Waals surface area contributed by atoms with Crippen LogP contribution in [0.15, 0.2) is 77.6 Å². The highest BCUT2D eigenvalue weighted by Crippen LogP contribution is 2.34. The van der Waals surface area contributed by atoms with E-state index in [4.69, 9.17) is 23.2 Å². The Balaban J connectivity index is 1.51. The van der Waals surface area contributed by atoms with Gasteiger partial charge in [0.1, 0.15) is 28.2 Å². The van der Waals surface area contributed by atoms with Crippen molar-refractivity contribution >= 4 is 46.1 Å². The standard InChI is InChI=1S/C29H20Cl2F2N4O3/c30-19-10-11-20(32)16(25(19)33)9-12-23(39)34-21(13-15-5-2-1-3-6-15)29-36-27(28(31)37-29)18-8-4-7-17-22(38)14-24(40)35-26(17)18/h1-12,14,21H,13H2,(H,34,39)(H,36,37)(H2,35,38,40)/b12-9+. The second-order valence-electron chi connectivity index (χ2n) is 8.87. The number of nitrogens with zero attached hydrogens (tertiary/aromatic N) is 1. The van der Waals surface area contributed by atoms with Gasteiger partial charge in [-0.2, -0.15) is 0 Å². The molecule has 202 valence electrons. The number of hydrogen-bond donors (Lipinski definition) is 4. The third-order valence-electron chi connectivity index (χ3n) is 6.20. The lowest BCUT2D eigenvalue weighted by Crippen LogP contribution is -2.29. The second-order valence-corrected chi connectivity index (χ2v) is 9.66. The summed E-state index contributed by atoms with van der Waals surface area (Å²) in [4.78, 5) is 35.3. The van der Waals surface area contributed by atoms with Crippen LogP contribution < -0.4 is 10.9 Å². The maximum Gasteiger partial charge on any atom is 0.252 e. The summed E-state index contributed by atoms with van der Waals surface area (Å²) in [6.07, 6.45) is 2.31. The molecular weight excluding hydrogens is 561 g/mol. The van der Waals surface area contributed by atoms with Crippen LogP contribution in [0, 0.1) is 11.6 Å². The first-order valence-electron chi connectivity index (χ1n) is 12.0. The number of halogens is 4. The Morgan fingerprint density at radius 1 is 1.05 bits per heavy atom. The summed E-state index contributed by atoms with van der Waals surface area (Å²) in [5.74, 6) is -2.39. The van der Waals surface area contributed by atoms with Crippen molar-refractivity contribution in [2.75, 3.05) is 0 Å². The predicted molar refractivity (Wildman–Crippen MR) is 150 cm³/mol. The summed E-state index contributed by atoms with van der Waals surface area (Å²) in [5.41, 5.74) is 1.00. The normalized spacial score (nSPS) is 12.2. The molecule has 5 aromatic rings. The van der Waals surface area contributed by atoms with E-state index in [2.05, 4.69) is 20.3 Å². The maximum absolute atomic E-state index is 14.3. The topological polar surface area (TPSA) is 111 Å². The third-order valence-corrected chi connectivity index (χ3v) is 6.76. The van der Waals surface area contributed by atoms with Crippen molar-refractivity contribution in [3.8, 4) is 17.0 Å². The minimum atomic E-state index is -0.979. The van der Waals surface area contributed by atoms with Crippen LogP contribution in [-0.4, -0.2) is 26.0 Å². The molecule has 0 spiro atoms. The number of hydrogen-bond acceptors (Lipinski definition) is 4. The van der Waals surface area contributed by atoms with Crippen LogP contribution in [0.4, 0.5) is 8.78 Å². The number of para-hydroxylation sites is 1. The molecule has 11 heteroatoms. The quantitative estimate of drug-likeness (QED) is 0.133. The average Bonchev–Trinajstić information content (AvgIpc) is 3.32. The molecule has 0 aliphatic heterocycles. The van der Waals surface area contributed by atoms with Gasteiger partial charge >= 0.3 is 0 Å². The van der Waals surface area contributed by atoms with E-state index in [-0.39, 0.29) is 21.6 Å². The number of imidazole rings is 1. The van der Waals surface area contributed by atoms with E-state index in [1.165, 1.54) is 0 Å². The van der Waals surface area contributed by atoms with E-state index in [1.807, 2.05) is 30.3 Å². The first-order valence-corrected chi connectivity index (χ1v) is 12.7. The molecule has 40 heavy (non-hydrogen) atoms. The van der Waals surface area contributed by atoms with Crippen molar-refractivity contribution in [2.45, 2.75) is 12.5 Å². The summed E-state index contributed by atoms with van der Waals surface area (Å²) < 4.78 is 28.4. The Labute approximate surface area is 236 Å². The van der Waals surface area contributed by atoms with Crippen molar-refractivity contribution in [2.24, 2.45) is 0 Å². The van der Waals surface area contributed by atoms with E-state index in [9.17, 15) is 23.5 Å². The zero-order chi connectivity index (χ0) is 28.4. The van der Waals surface area contributed by atoms with E-state index in [1.54, 1.807) is 18.2 Å². The molecule has 0 radical (unpaired) electrons. The van der Waals surface area contributed by atoms with Crippen molar-refractivity contribution in [3.63, 3.8) is 0 Å². The first-order chi connectivity index (χ1) is 19.2. The van der Waals surface area contributed by atoms with Crippen molar-refractivity contribution in [3.05, 3.63) is 122 Å². The van der Waals surface area contributed by atoms with Gasteiger partial charge in [-0.3, -0.25) is 9.59 Å². The zero-order valence-corrected chi connectivity index (χ0v) is 22.0. The summed E-state index contributed by atoms with van der Waals surface area (Å²) >= 11 is 12.3. The zero-order valence-electron chi connectivity index (χ0n) is 20.5. The number of aromatic amines is 2. The Morgan fingerprint density at radius 3 is 2.60 bits per heavy atom. The van der Waals surface area contributed by atoms with E-state index in [0.29, 0.717) is 28.7 Å². The lowest BCUT2D eigenvalue weighted by atomic mass is 10.0. The minimum Gasteiger partial charge on any atom is -0.507 e. The number of amides is 1. The van der Waals surface area contributed by atoms with Crippen LogP contribution >= 0.6 is 23.2 Å². The van der Waals surface area contributed by atoms with E-state index < -0.39 is 34.7 Å². The molecule has 1 unspecified atom stereocenters. The van der Waals surface area contributed by atoms with Gasteiger partial charge in [-0.1, -0.05) is 65.7 Å². The van der Waals surface area contributed by atoms with Crippen molar-refractivity contribution in [1.29, 1.82) is 0 Å². The lowest BCUT2D eigenvalue weighted by Gasteiger charge is -2.16. The van der Waals surface area contributed by atoms with Gasteiger partial charge in [0, 0.05) is 28.7 Å². The number of aromatic nitrogens is 3. The Hall–Kier alpha value is -4.47. The molecule has 7 nitrogen and oxygen atoms in total. The fourth-order valence-corrected chi connectivity index (χ4v) is 4.72. The molecule has 0 bridgehead atoms. The van der Waals surface area contributed by atoms with E-state index in [0.717, 1.165) is 35.9 Å². The van der Waals surface area contributed by atoms with Gasteiger partial charge in [0.2, 0.25) is 5.91 Å². The fraction of sp³-hybridized carbons (Fsp3) is 0.0690. The van der Waals surface area contributed by atoms with Crippen LogP contribution in [0.3, 0.4) is 0 Å². The molecule has 4 N–H and O–H groups in total. The van der Waals surface area contributed by atoms with Crippen LogP contribution in [0.2, 0.25) is 10.2 Å². The van der Waals surface area contributed by atoms with Gasteiger partial charge < -0.3 is 20.4 Å². The number of carbonyl (C=O) groups excluding carboxylic acids is 1. The number of rotatable bonds is 7. The highest BCUT2D eigenvalue weighted by Gasteiger charge is 2.22. The number of H-pyrrole nitrogens is 2. The predicted octanol–water partition coefficient (Wildman–Crippen LogP) is 6.32. The molecule has 0 saturated carbocycles. The summed E-state index contributed by atoms with van der Waals surface area (Å²) in [6, 6.07) is 16.7. The van der Waals surface area contributed by atoms with Gasteiger partial charge in [0.15, 0.2) is 5.82 Å². The second kappa shape index (κ2) is 11.3. The van der Waals surface area contributed by atoms with Gasteiger partial charge in [0.05, 0.1) is 16.6 Å². The molecule has 2 aromatic heterocycles. The van der Waals surface area contributed by atoms with Gasteiger partial charge in [-0.25, -0.2) is 13.8 Å². The molecule has 0 aliphatic rings. The number of pyridine rings is 1. The highest BCUT2D eigenvalue weighted by molar-refractivity contribution is 6.32. The van der Waals surface area contributed by atoms with Crippen LogP contribution in [-0.2, 0) is 11.2 Å². The molecule has 0 aliphatic carbocycles. The van der Waals surface area contributed by atoms with Crippen molar-refractivity contribution < 1.29 is 18.7 Å². The van der Waals surface area contributed by atoms with Gasteiger partial charge in [-0.15, -0.1) is 0 Å². The largest absolute Gasteiger partial charge is 0.507 e. The third kappa shape index (κ3) is 5.61. The van der Waals surface area contributed by atoms with Crippen LogP contribution in [0.1, 0.15) is 23.0 Å². The SMILES string of the molecule is O=C(/C=C/c1c(F)ccc(Cl)c1F)NC(Cc1ccccc1)c1nc(-c2cccc3c(O)cc(=O)[nH]c23)c(Cl)[nH]1. The summed E-state index contributed by atoms with van der Waals surface area (Å²) in [5, 5.41) is 13.3.